The molecule has 26 heavy (non-hydrogen) atoms. The molecule has 0 aliphatic heterocycles. The van der Waals surface area contributed by atoms with Gasteiger partial charge in [-0.1, -0.05) is 41.4 Å². The quantitative estimate of drug-likeness (QED) is 0.462. The maximum Gasteiger partial charge on any atom is 0.231 e. The molecule has 0 fully saturated rings. The van der Waals surface area contributed by atoms with Crippen LogP contribution in [-0.4, -0.2) is 12.5 Å². The van der Waals surface area contributed by atoms with Crippen LogP contribution in [0.4, 0.5) is 10.1 Å². The standard InChI is InChI=1S/C20H21Cl2FN2O/c1-13(9-10-24-12-15-3-8-18(21)19(22)11-15)14(2)20(26)25-17-6-4-16(23)5-7-17/h3-8,11,14,24H,1,9-10,12H2,2H3,(H,25,26)/t14-/m0/s1. The Labute approximate surface area is 163 Å². The lowest BCUT2D eigenvalue weighted by Gasteiger charge is -2.15. The van der Waals surface area contributed by atoms with Crippen molar-refractivity contribution in [3.63, 3.8) is 0 Å². The van der Waals surface area contributed by atoms with Gasteiger partial charge in [0.2, 0.25) is 5.91 Å². The van der Waals surface area contributed by atoms with Crippen molar-refractivity contribution in [2.24, 2.45) is 5.92 Å². The van der Waals surface area contributed by atoms with Crippen LogP contribution >= 0.6 is 23.2 Å². The third kappa shape index (κ3) is 6.13. The van der Waals surface area contributed by atoms with Crippen molar-refractivity contribution in [1.82, 2.24) is 5.32 Å². The number of carbonyl (C=O) groups is 1. The summed E-state index contributed by atoms with van der Waals surface area (Å²) >= 11 is 11.9. The molecule has 0 spiro atoms. The molecular weight excluding hydrogens is 374 g/mol. The van der Waals surface area contributed by atoms with E-state index in [-0.39, 0.29) is 17.6 Å². The molecule has 3 nitrogen and oxygen atoms in total. The molecule has 0 heterocycles. The van der Waals surface area contributed by atoms with E-state index in [1.54, 1.807) is 13.0 Å². The van der Waals surface area contributed by atoms with Crippen LogP contribution in [0.2, 0.25) is 10.0 Å². The average Bonchev–Trinajstić information content (AvgIpc) is 2.62. The van der Waals surface area contributed by atoms with Gasteiger partial charge in [-0.2, -0.15) is 0 Å². The van der Waals surface area contributed by atoms with Crippen LogP contribution in [0.25, 0.3) is 0 Å². The minimum atomic E-state index is -0.341. The van der Waals surface area contributed by atoms with Crippen molar-refractivity contribution < 1.29 is 9.18 Å². The molecule has 0 aliphatic carbocycles. The van der Waals surface area contributed by atoms with E-state index in [4.69, 9.17) is 23.2 Å². The van der Waals surface area contributed by atoms with E-state index in [0.717, 1.165) is 11.1 Å². The second-order valence-corrected chi connectivity index (χ2v) is 6.87. The number of amides is 1. The van der Waals surface area contributed by atoms with E-state index in [1.807, 2.05) is 12.1 Å². The Bertz CT molecular complexity index is 778. The summed E-state index contributed by atoms with van der Waals surface area (Å²) < 4.78 is 12.9. The fourth-order valence-corrected chi connectivity index (χ4v) is 2.64. The highest BCUT2D eigenvalue weighted by molar-refractivity contribution is 6.42. The molecule has 0 unspecified atom stereocenters. The Morgan fingerprint density at radius 2 is 1.85 bits per heavy atom. The first-order valence-electron chi connectivity index (χ1n) is 8.25. The largest absolute Gasteiger partial charge is 0.326 e. The third-order valence-corrected chi connectivity index (χ3v) is 4.79. The van der Waals surface area contributed by atoms with Gasteiger partial charge in [0.05, 0.1) is 16.0 Å². The summed E-state index contributed by atoms with van der Waals surface area (Å²) in [5.74, 6) is -0.841. The fourth-order valence-electron chi connectivity index (χ4n) is 2.32. The zero-order valence-electron chi connectivity index (χ0n) is 14.5. The highest BCUT2D eigenvalue weighted by Crippen LogP contribution is 2.22. The van der Waals surface area contributed by atoms with Crippen LogP contribution in [0.15, 0.2) is 54.6 Å². The zero-order chi connectivity index (χ0) is 19.1. The number of nitrogens with one attached hydrogen (secondary N) is 2. The molecular formula is C20H21Cl2FN2O. The van der Waals surface area contributed by atoms with E-state index in [1.165, 1.54) is 24.3 Å². The molecule has 1 atom stereocenters. The smallest absolute Gasteiger partial charge is 0.231 e. The van der Waals surface area contributed by atoms with E-state index in [0.29, 0.717) is 35.2 Å². The van der Waals surface area contributed by atoms with E-state index in [2.05, 4.69) is 17.2 Å². The topological polar surface area (TPSA) is 41.1 Å². The number of hydrogen-bond donors (Lipinski definition) is 2. The summed E-state index contributed by atoms with van der Waals surface area (Å²) in [6, 6.07) is 11.2. The average molecular weight is 395 g/mol. The van der Waals surface area contributed by atoms with Crippen LogP contribution in [0, 0.1) is 11.7 Å². The monoisotopic (exact) mass is 394 g/mol. The van der Waals surface area contributed by atoms with E-state index >= 15 is 0 Å². The lowest BCUT2D eigenvalue weighted by atomic mass is 9.98. The highest BCUT2D eigenvalue weighted by Gasteiger charge is 2.16. The van der Waals surface area contributed by atoms with Gasteiger partial charge in [-0.25, -0.2) is 4.39 Å². The second kappa shape index (κ2) is 9.72. The first-order chi connectivity index (χ1) is 12.4. The predicted molar refractivity (Wildman–Crippen MR) is 106 cm³/mol. The Hall–Kier alpha value is -1.88. The van der Waals surface area contributed by atoms with Crippen molar-refractivity contribution in [1.29, 1.82) is 0 Å². The molecule has 0 saturated heterocycles. The minimum Gasteiger partial charge on any atom is -0.326 e. The van der Waals surface area contributed by atoms with Crippen LogP contribution in [0.1, 0.15) is 18.9 Å². The summed E-state index contributed by atoms with van der Waals surface area (Å²) in [5, 5.41) is 7.12. The van der Waals surface area contributed by atoms with Crippen LogP contribution in [0.5, 0.6) is 0 Å². The Balaban J connectivity index is 1.74. The van der Waals surface area contributed by atoms with Crippen molar-refractivity contribution in [2.75, 3.05) is 11.9 Å². The molecule has 0 aliphatic rings. The number of hydrogen-bond acceptors (Lipinski definition) is 2. The van der Waals surface area contributed by atoms with Crippen molar-refractivity contribution in [3.05, 3.63) is 76.0 Å². The lowest BCUT2D eigenvalue weighted by Crippen LogP contribution is -2.24. The van der Waals surface area contributed by atoms with Gasteiger partial charge >= 0.3 is 0 Å². The fraction of sp³-hybridized carbons (Fsp3) is 0.250. The molecule has 2 aromatic carbocycles. The van der Waals surface area contributed by atoms with Gasteiger partial charge in [-0.3, -0.25) is 4.79 Å². The zero-order valence-corrected chi connectivity index (χ0v) is 16.0. The maximum atomic E-state index is 12.9. The molecule has 2 aromatic rings. The van der Waals surface area contributed by atoms with Gasteiger partial charge in [0, 0.05) is 12.2 Å². The third-order valence-electron chi connectivity index (χ3n) is 4.05. The van der Waals surface area contributed by atoms with Crippen molar-refractivity contribution in [2.45, 2.75) is 19.9 Å². The molecule has 0 saturated carbocycles. The Morgan fingerprint density at radius 1 is 1.15 bits per heavy atom. The molecule has 0 radical (unpaired) electrons. The Morgan fingerprint density at radius 3 is 2.50 bits per heavy atom. The van der Waals surface area contributed by atoms with Crippen molar-refractivity contribution in [3.8, 4) is 0 Å². The van der Waals surface area contributed by atoms with Gasteiger partial charge < -0.3 is 10.6 Å². The van der Waals surface area contributed by atoms with Crippen LogP contribution < -0.4 is 10.6 Å². The predicted octanol–water partition coefficient (Wildman–Crippen LogP) is 5.44. The second-order valence-electron chi connectivity index (χ2n) is 6.05. The SMILES string of the molecule is C=C(CCNCc1ccc(Cl)c(Cl)c1)[C@H](C)C(=O)Nc1ccc(F)cc1. The first kappa shape index (κ1) is 20.4. The molecule has 6 heteroatoms. The van der Waals surface area contributed by atoms with Gasteiger partial charge in [-0.05, 0) is 61.9 Å². The van der Waals surface area contributed by atoms with E-state index in [9.17, 15) is 9.18 Å². The number of rotatable bonds is 8. The molecule has 138 valence electrons. The summed E-state index contributed by atoms with van der Waals surface area (Å²) in [6.07, 6.45) is 0.666. The summed E-state index contributed by atoms with van der Waals surface area (Å²) in [7, 11) is 0. The van der Waals surface area contributed by atoms with E-state index < -0.39 is 0 Å². The summed E-state index contributed by atoms with van der Waals surface area (Å²) in [4.78, 5) is 12.2. The number of anilines is 1. The normalized spacial score (nSPS) is 11.8. The number of halogens is 3. The molecule has 0 aromatic heterocycles. The number of benzene rings is 2. The van der Waals surface area contributed by atoms with Gasteiger partial charge in [0.15, 0.2) is 0 Å². The molecule has 2 rings (SSSR count). The van der Waals surface area contributed by atoms with Gasteiger partial charge in [0.25, 0.3) is 0 Å². The molecule has 1 amide bonds. The summed E-state index contributed by atoms with van der Waals surface area (Å²) in [6.45, 7) is 7.15. The van der Waals surface area contributed by atoms with Crippen LogP contribution in [0.3, 0.4) is 0 Å². The maximum absolute atomic E-state index is 12.9. The van der Waals surface area contributed by atoms with Crippen molar-refractivity contribution >= 4 is 34.8 Å². The lowest BCUT2D eigenvalue weighted by molar-refractivity contribution is -0.118. The number of carbonyl (C=O) groups excluding carboxylic acids is 1. The van der Waals surface area contributed by atoms with Gasteiger partial charge in [0.1, 0.15) is 5.82 Å². The molecule has 2 N–H and O–H groups in total. The van der Waals surface area contributed by atoms with Crippen LogP contribution in [-0.2, 0) is 11.3 Å². The minimum absolute atomic E-state index is 0.161. The highest BCUT2D eigenvalue weighted by atomic mass is 35.5. The molecule has 0 bridgehead atoms. The summed E-state index contributed by atoms with van der Waals surface area (Å²) in [5.41, 5.74) is 2.42. The first-order valence-corrected chi connectivity index (χ1v) is 9.01. The van der Waals surface area contributed by atoms with Gasteiger partial charge in [-0.15, -0.1) is 0 Å². The Kier molecular flexibility index (Phi) is 7.64.